The van der Waals surface area contributed by atoms with Gasteiger partial charge in [-0.25, -0.2) is 0 Å². The smallest absolute Gasteiger partial charge is 0.272 e. The van der Waals surface area contributed by atoms with E-state index in [1.165, 1.54) is 16.8 Å². The molecule has 3 heterocycles. The fraction of sp³-hybridized carbons (Fsp3) is 0.308. The lowest BCUT2D eigenvalue weighted by Gasteiger charge is -2.38. The Bertz CT molecular complexity index is 1120. The fourth-order valence-corrected chi connectivity index (χ4v) is 4.79. The molecule has 2 aliphatic rings. The zero-order valence-corrected chi connectivity index (χ0v) is 19.1. The SMILES string of the molecule is CN1CCN(c2cccc3c2CN(C(=O)c2ccc(-c4cccc(Cl)c4)cn2)CC3)CC1. The predicted octanol–water partition coefficient (Wildman–Crippen LogP) is 4.35. The van der Waals surface area contributed by atoms with Crippen LogP contribution in [0.25, 0.3) is 11.1 Å². The number of carbonyl (C=O) groups excluding carboxylic acids is 1. The Labute approximate surface area is 194 Å². The predicted molar refractivity (Wildman–Crippen MR) is 129 cm³/mol. The van der Waals surface area contributed by atoms with Crippen molar-refractivity contribution < 1.29 is 4.79 Å². The number of hydrogen-bond acceptors (Lipinski definition) is 4. The van der Waals surface area contributed by atoms with E-state index in [4.69, 9.17) is 11.6 Å². The highest BCUT2D eigenvalue weighted by molar-refractivity contribution is 6.30. The Hall–Kier alpha value is -2.89. The van der Waals surface area contributed by atoms with E-state index in [9.17, 15) is 4.79 Å². The normalized spacial score (nSPS) is 16.7. The standard InChI is InChI=1S/C26H27ClN4O/c1-29-12-14-30(15-13-29)25-7-3-4-19-10-11-31(18-23(19)25)26(32)24-9-8-21(17-28-24)20-5-2-6-22(27)16-20/h2-9,16-17H,10-15,18H2,1H3. The van der Waals surface area contributed by atoms with E-state index < -0.39 is 0 Å². The van der Waals surface area contributed by atoms with Gasteiger partial charge in [0.25, 0.3) is 5.91 Å². The number of hydrogen-bond donors (Lipinski definition) is 0. The molecule has 2 aliphatic heterocycles. The van der Waals surface area contributed by atoms with Gasteiger partial charge < -0.3 is 14.7 Å². The van der Waals surface area contributed by atoms with E-state index in [1.54, 1.807) is 6.20 Å². The Morgan fingerprint density at radius 3 is 2.50 bits per heavy atom. The van der Waals surface area contributed by atoms with E-state index in [0.717, 1.165) is 50.3 Å². The summed E-state index contributed by atoms with van der Waals surface area (Å²) in [6.45, 7) is 5.52. The van der Waals surface area contributed by atoms with Crippen molar-refractivity contribution in [3.8, 4) is 11.1 Å². The molecule has 5 rings (SSSR count). The van der Waals surface area contributed by atoms with Crippen molar-refractivity contribution in [1.29, 1.82) is 0 Å². The van der Waals surface area contributed by atoms with E-state index in [-0.39, 0.29) is 5.91 Å². The van der Waals surface area contributed by atoms with Gasteiger partial charge in [-0.3, -0.25) is 9.78 Å². The monoisotopic (exact) mass is 446 g/mol. The minimum atomic E-state index is -0.0125. The van der Waals surface area contributed by atoms with Gasteiger partial charge in [-0.15, -0.1) is 0 Å². The average Bonchev–Trinajstić information content (AvgIpc) is 2.83. The van der Waals surface area contributed by atoms with Crippen molar-refractivity contribution in [2.45, 2.75) is 13.0 Å². The highest BCUT2D eigenvalue weighted by atomic mass is 35.5. The lowest BCUT2D eigenvalue weighted by Crippen LogP contribution is -2.45. The molecule has 164 valence electrons. The fourth-order valence-electron chi connectivity index (χ4n) is 4.60. The number of rotatable bonds is 3. The van der Waals surface area contributed by atoms with Crippen molar-refractivity contribution in [2.75, 3.05) is 44.7 Å². The van der Waals surface area contributed by atoms with E-state index in [0.29, 0.717) is 17.3 Å². The molecule has 1 saturated heterocycles. The van der Waals surface area contributed by atoms with Crippen LogP contribution in [0.2, 0.25) is 5.02 Å². The number of anilines is 1. The lowest BCUT2D eigenvalue weighted by molar-refractivity contribution is 0.0729. The summed E-state index contributed by atoms with van der Waals surface area (Å²) in [4.78, 5) is 24.5. The average molecular weight is 447 g/mol. The Morgan fingerprint density at radius 2 is 1.75 bits per heavy atom. The molecule has 0 atom stereocenters. The Kier molecular flexibility index (Phi) is 5.85. The maximum atomic E-state index is 13.3. The van der Waals surface area contributed by atoms with Crippen LogP contribution < -0.4 is 4.90 Å². The molecule has 0 N–H and O–H groups in total. The van der Waals surface area contributed by atoms with Crippen LogP contribution in [-0.4, -0.2) is 60.5 Å². The number of fused-ring (bicyclic) bond motifs is 1. The quantitative estimate of drug-likeness (QED) is 0.599. The van der Waals surface area contributed by atoms with Crippen LogP contribution in [0.3, 0.4) is 0 Å². The molecule has 0 aliphatic carbocycles. The van der Waals surface area contributed by atoms with E-state index >= 15 is 0 Å². The first-order valence-electron chi connectivity index (χ1n) is 11.1. The van der Waals surface area contributed by atoms with Crippen LogP contribution in [0, 0.1) is 0 Å². The number of pyridine rings is 1. The molecule has 3 aromatic rings. The number of nitrogens with zero attached hydrogens (tertiary/aromatic N) is 4. The van der Waals surface area contributed by atoms with Gasteiger partial charge in [-0.05, 0) is 54.4 Å². The highest BCUT2D eigenvalue weighted by Gasteiger charge is 2.26. The van der Waals surface area contributed by atoms with Gasteiger partial charge in [0.2, 0.25) is 0 Å². The summed E-state index contributed by atoms with van der Waals surface area (Å²) in [6.07, 6.45) is 2.63. The summed E-state index contributed by atoms with van der Waals surface area (Å²) in [6, 6.07) is 18.0. The third-order valence-electron chi connectivity index (χ3n) is 6.52. The zero-order chi connectivity index (χ0) is 22.1. The minimum absolute atomic E-state index is 0.0125. The second-order valence-corrected chi connectivity index (χ2v) is 9.06. The number of piperazine rings is 1. The largest absolute Gasteiger partial charge is 0.369 e. The van der Waals surface area contributed by atoms with Crippen molar-refractivity contribution in [2.24, 2.45) is 0 Å². The molecule has 0 radical (unpaired) electrons. The van der Waals surface area contributed by atoms with Crippen molar-refractivity contribution >= 4 is 23.2 Å². The molecule has 0 saturated carbocycles. The van der Waals surface area contributed by atoms with Crippen LogP contribution in [-0.2, 0) is 13.0 Å². The molecular formula is C26H27ClN4O. The van der Waals surface area contributed by atoms with Crippen molar-refractivity contribution in [3.63, 3.8) is 0 Å². The van der Waals surface area contributed by atoms with Crippen LogP contribution in [0.1, 0.15) is 21.6 Å². The van der Waals surface area contributed by atoms with Crippen LogP contribution in [0.5, 0.6) is 0 Å². The molecule has 6 heteroatoms. The van der Waals surface area contributed by atoms with Gasteiger partial charge in [-0.1, -0.05) is 41.9 Å². The maximum Gasteiger partial charge on any atom is 0.272 e. The maximum absolute atomic E-state index is 13.3. The molecular weight excluding hydrogens is 420 g/mol. The summed E-state index contributed by atoms with van der Waals surface area (Å²) < 4.78 is 0. The number of benzene rings is 2. The zero-order valence-electron chi connectivity index (χ0n) is 18.3. The van der Waals surface area contributed by atoms with E-state index in [2.05, 4.69) is 40.0 Å². The first-order valence-corrected chi connectivity index (χ1v) is 11.5. The summed E-state index contributed by atoms with van der Waals surface area (Å²) in [7, 11) is 2.17. The van der Waals surface area contributed by atoms with Crippen LogP contribution in [0.4, 0.5) is 5.69 Å². The van der Waals surface area contributed by atoms with Crippen LogP contribution in [0.15, 0.2) is 60.8 Å². The van der Waals surface area contributed by atoms with Gasteiger partial charge in [0.05, 0.1) is 0 Å². The number of aromatic nitrogens is 1. The van der Waals surface area contributed by atoms with E-state index in [1.807, 2.05) is 41.3 Å². The first-order chi connectivity index (χ1) is 15.6. The molecule has 2 aromatic carbocycles. The molecule has 0 unspecified atom stereocenters. The number of halogens is 1. The molecule has 5 nitrogen and oxygen atoms in total. The minimum Gasteiger partial charge on any atom is -0.369 e. The third kappa shape index (κ3) is 4.23. The summed E-state index contributed by atoms with van der Waals surface area (Å²) in [5.74, 6) is -0.0125. The number of carbonyl (C=O) groups is 1. The van der Waals surface area contributed by atoms with Crippen molar-refractivity contribution in [3.05, 3.63) is 82.6 Å². The molecule has 0 bridgehead atoms. The van der Waals surface area contributed by atoms with Gasteiger partial charge in [0, 0.05) is 61.7 Å². The lowest BCUT2D eigenvalue weighted by atomic mass is 9.96. The topological polar surface area (TPSA) is 39.7 Å². The second kappa shape index (κ2) is 8.93. The van der Waals surface area contributed by atoms with Crippen LogP contribution >= 0.6 is 11.6 Å². The summed E-state index contributed by atoms with van der Waals surface area (Å²) in [5, 5.41) is 0.686. The molecule has 1 fully saturated rings. The third-order valence-corrected chi connectivity index (χ3v) is 6.76. The first kappa shape index (κ1) is 21.0. The molecule has 0 spiro atoms. The molecule has 1 aromatic heterocycles. The molecule has 1 amide bonds. The van der Waals surface area contributed by atoms with Gasteiger partial charge in [0.15, 0.2) is 0 Å². The number of amides is 1. The molecule has 32 heavy (non-hydrogen) atoms. The van der Waals surface area contributed by atoms with Gasteiger partial charge >= 0.3 is 0 Å². The Morgan fingerprint density at radius 1 is 0.938 bits per heavy atom. The summed E-state index contributed by atoms with van der Waals surface area (Å²) in [5.41, 5.74) is 6.34. The second-order valence-electron chi connectivity index (χ2n) is 8.62. The highest BCUT2D eigenvalue weighted by Crippen LogP contribution is 2.30. The summed E-state index contributed by atoms with van der Waals surface area (Å²) >= 11 is 6.11. The van der Waals surface area contributed by atoms with Gasteiger partial charge in [0.1, 0.15) is 5.69 Å². The van der Waals surface area contributed by atoms with Crippen molar-refractivity contribution in [1.82, 2.24) is 14.8 Å². The Balaban J connectivity index is 1.35. The van der Waals surface area contributed by atoms with Gasteiger partial charge in [-0.2, -0.15) is 0 Å². The number of likely N-dealkylation sites (N-methyl/N-ethyl adjacent to an activating group) is 1.